The summed E-state index contributed by atoms with van der Waals surface area (Å²) < 4.78 is 42.6. The van der Waals surface area contributed by atoms with Crippen LogP contribution in [0, 0.1) is 6.92 Å². The standard InChI is InChI=1S/C12H9BrF3NO/c1-7-10(6-13)17-11(18-7)8-2-4-9(5-3-8)12(14,15)16/h2-5H,6H2,1H3. The molecule has 2 rings (SSSR count). The lowest BCUT2D eigenvalue weighted by molar-refractivity contribution is -0.137. The Morgan fingerprint density at radius 1 is 1.22 bits per heavy atom. The molecule has 0 saturated heterocycles. The van der Waals surface area contributed by atoms with Crippen LogP contribution in [0.25, 0.3) is 11.5 Å². The molecule has 1 aromatic heterocycles. The summed E-state index contributed by atoms with van der Waals surface area (Å²) in [5.74, 6) is 0.984. The van der Waals surface area contributed by atoms with Gasteiger partial charge in [-0.05, 0) is 31.2 Å². The Balaban J connectivity index is 2.34. The van der Waals surface area contributed by atoms with Crippen molar-refractivity contribution >= 4 is 15.9 Å². The van der Waals surface area contributed by atoms with Gasteiger partial charge in [0.1, 0.15) is 5.76 Å². The van der Waals surface area contributed by atoms with Gasteiger partial charge in [-0.2, -0.15) is 13.2 Å². The number of aryl methyl sites for hydroxylation is 1. The van der Waals surface area contributed by atoms with Gasteiger partial charge in [0.15, 0.2) is 0 Å². The van der Waals surface area contributed by atoms with Crippen LogP contribution in [0.1, 0.15) is 17.0 Å². The highest BCUT2D eigenvalue weighted by Gasteiger charge is 2.30. The van der Waals surface area contributed by atoms with Crippen LogP contribution in [-0.4, -0.2) is 4.98 Å². The Morgan fingerprint density at radius 2 is 1.83 bits per heavy atom. The van der Waals surface area contributed by atoms with Crippen LogP contribution < -0.4 is 0 Å². The molecular formula is C12H9BrF3NO. The summed E-state index contributed by atoms with van der Waals surface area (Å²) in [7, 11) is 0. The molecule has 1 heterocycles. The lowest BCUT2D eigenvalue weighted by atomic mass is 10.1. The van der Waals surface area contributed by atoms with E-state index >= 15 is 0 Å². The summed E-state index contributed by atoms with van der Waals surface area (Å²) in [5, 5.41) is 0.545. The summed E-state index contributed by atoms with van der Waals surface area (Å²) in [4.78, 5) is 4.20. The number of halogens is 4. The van der Waals surface area contributed by atoms with Crippen molar-refractivity contribution in [3.05, 3.63) is 41.3 Å². The average Bonchev–Trinajstić information content (AvgIpc) is 2.69. The minimum absolute atomic E-state index is 0.329. The van der Waals surface area contributed by atoms with Gasteiger partial charge >= 0.3 is 6.18 Å². The molecule has 0 bridgehead atoms. The van der Waals surface area contributed by atoms with Gasteiger partial charge in [0.25, 0.3) is 0 Å². The predicted octanol–water partition coefficient (Wildman–Crippen LogP) is 4.56. The lowest BCUT2D eigenvalue weighted by Gasteiger charge is -2.05. The van der Waals surface area contributed by atoms with E-state index in [0.717, 1.165) is 17.8 Å². The van der Waals surface area contributed by atoms with Gasteiger partial charge in [-0.1, -0.05) is 15.9 Å². The smallest absolute Gasteiger partial charge is 0.416 e. The van der Waals surface area contributed by atoms with E-state index in [-0.39, 0.29) is 0 Å². The van der Waals surface area contributed by atoms with Crippen molar-refractivity contribution in [1.29, 1.82) is 0 Å². The van der Waals surface area contributed by atoms with E-state index in [1.165, 1.54) is 12.1 Å². The van der Waals surface area contributed by atoms with Crippen LogP contribution >= 0.6 is 15.9 Å². The van der Waals surface area contributed by atoms with Crippen LogP contribution in [-0.2, 0) is 11.5 Å². The molecule has 0 N–H and O–H groups in total. The molecule has 0 atom stereocenters. The van der Waals surface area contributed by atoms with Gasteiger partial charge in [0.2, 0.25) is 5.89 Å². The fourth-order valence-electron chi connectivity index (χ4n) is 1.48. The third kappa shape index (κ3) is 2.58. The molecule has 2 aromatic rings. The number of aromatic nitrogens is 1. The van der Waals surface area contributed by atoms with E-state index in [0.29, 0.717) is 22.5 Å². The third-order valence-corrected chi connectivity index (χ3v) is 3.01. The maximum absolute atomic E-state index is 12.4. The first-order valence-corrected chi connectivity index (χ1v) is 6.24. The maximum Gasteiger partial charge on any atom is 0.416 e. The lowest BCUT2D eigenvalue weighted by Crippen LogP contribution is -2.03. The van der Waals surface area contributed by atoms with Crippen LogP contribution in [0.2, 0.25) is 0 Å². The number of nitrogens with zero attached hydrogens (tertiary/aromatic N) is 1. The Bertz CT molecular complexity index is 545. The monoisotopic (exact) mass is 319 g/mol. The van der Waals surface area contributed by atoms with E-state index < -0.39 is 11.7 Å². The molecule has 0 amide bonds. The minimum atomic E-state index is -4.33. The predicted molar refractivity (Wildman–Crippen MR) is 64.3 cm³/mol. The van der Waals surface area contributed by atoms with Crippen LogP contribution in [0.15, 0.2) is 28.7 Å². The van der Waals surface area contributed by atoms with Crippen molar-refractivity contribution in [3.8, 4) is 11.5 Å². The molecule has 2 nitrogen and oxygen atoms in total. The summed E-state index contributed by atoms with van der Waals surface area (Å²) in [5.41, 5.74) is 0.582. The van der Waals surface area contributed by atoms with Crippen molar-refractivity contribution in [2.24, 2.45) is 0 Å². The van der Waals surface area contributed by atoms with E-state index in [2.05, 4.69) is 20.9 Å². The second-order valence-corrected chi connectivity index (χ2v) is 4.29. The molecule has 18 heavy (non-hydrogen) atoms. The minimum Gasteiger partial charge on any atom is -0.441 e. The quantitative estimate of drug-likeness (QED) is 0.758. The Labute approximate surface area is 110 Å². The summed E-state index contributed by atoms with van der Waals surface area (Å²) in [6, 6.07) is 4.74. The normalized spacial score (nSPS) is 11.8. The first-order valence-electron chi connectivity index (χ1n) is 5.11. The fourth-order valence-corrected chi connectivity index (χ4v) is 2.00. The number of rotatable bonds is 2. The van der Waals surface area contributed by atoms with Crippen molar-refractivity contribution in [2.45, 2.75) is 18.4 Å². The molecule has 0 spiro atoms. The van der Waals surface area contributed by atoms with Crippen molar-refractivity contribution < 1.29 is 17.6 Å². The van der Waals surface area contributed by atoms with E-state index in [1.54, 1.807) is 6.92 Å². The average molecular weight is 320 g/mol. The van der Waals surface area contributed by atoms with Gasteiger partial charge in [-0.25, -0.2) is 4.98 Å². The summed E-state index contributed by atoms with van der Waals surface area (Å²) in [6.07, 6.45) is -4.33. The molecule has 0 aliphatic rings. The number of hydrogen-bond donors (Lipinski definition) is 0. The van der Waals surface area contributed by atoms with Crippen molar-refractivity contribution in [3.63, 3.8) is 0 Å². The highest BCUT2D eigenvalue weighted by atomic mass is 79.9. The zero-order valence-electron chi connectivity index (χ0n) is 9.38. The molecule has 0 aliphatic heterocycles. The SMILES string of the molecule is Cc1oc(-c2ccc(C(F)(F)F)cc2)nc1CBr. The van der Waals surface area contributed by atoms with Crippen LogP contribution in [0.3, 0.4) is 0 Å². The van der Waals surface area contributed by atoms with Gasteiger partial charge < -0.3 is 4.42 Å². The first-order chi connectivity index (χ1) is 8.41. The van der Waals surface area contributed by atoms with E-state index in [9.17, 15) is 13.2 Å². The second kappa shape index (κ2) is 4.76. The van der Waals surface area contributed by atoms with Gasteiger partial charge in [0, 0.05) is 10.9 Å². The van der Waals surface area contributed by atoms with Gasteiger partial charge in [-0.15, -0.1) is 0 Å². The molecule has 6 heteroatoms. The maximum atomic E-state index is 12.4. The molecule has 0 fully saturated rings. The molecular weight excluding hydrogens is 311 g/mol. The van der Waals surface area contributed by atoms with Gasteiger partial charge in [0.05, 0.1) is 11.3 Å². The largest absolute Gasteiger partial charge is 0.441 e. The van der Waals surface area contributed by atoms with E-state index in [1.807, 2.05) is 0 Å². The van der Waals surface area contributed by atoms with Crippen molar-refractivity contribution in [1.82, 2.24) is 4.98 Å². The zero-order valence-corrected chi connectivity index (χ0v) is 11.0. The Kier molecular flexibility index (Phi) is 3.47. The molecule has 0 radical (unpaired) electrons. The second-order valence-electron chi connectivity index (χ2n) is 3.73. The first kappa shape index (κ1) is 13.1. The zero-order chi connectivity index (χ0) is 13.3. The number of benzene rings is 1. The van der Waals surface area contributed by atoms with Gasteiger partial charge in [-0.3, -0.25) is 0 Å². The fraction of sp³-hybridized carbons (Fsp3) is 0.250. The molecule has 0 unspecified atom stereocenters. The summed E-state index contributed by atoms with van der Waals surface area (Å²) >= 11 is 3.26. The van der Waals surface area contributed by atoms with Crippen LogP contribution in [0.5, 0.6) is 0 Å². The van der Waals surface area contributed by atoms with Crippen LogP contribution in [0.4, 0.5) is 13.2 Å². The van der Waals surface area contributed by atoms with E-state index in [4.69, 9.17) is 4.42 Å². The third-order valence-electron chi connectivity index (χ3n) is 2.48. The molecule has 1 aromatic carbocycles. The molecule has 96 valence electrons. The highest BCUT2D eigenvalue weighted by Crippen LogP contribution is 2.31. The number of oxazole rings is 1. The highest BCUT2D eigenvalue weighted by molar-refractivity contribution is 9.08. The number of hydrogen-bond acceptors (Lipinski definition) is 2. The Hall–Kier alpha value is -1.30. The molecule has 0 aliphatic carbocycles. The van der Waals surface area contributed by atoms with Crippen molar-refractivity contribution in [2.75, 3.05) is 0 Å². The summed E-state index contributed by atoms with van der Waals surface area (Å²) in [6.45, 7) is 1.76. The topological polar surface area (TPSA) is 26.0 Å². The molecule has 0 saturated carbocycles. The Morgan fingerprint density at radius 3 is 2.28 bits per heavy atom. The number of alkyl halides is 4.